The minimum Gasteiger partial charge on any atom is -0.271 e. The van der Waals surface area contributed by atoms with E-state index < -0.39 is 11.6 Å². The molecule has 1 unspecified atom stereocenters. The van der Waals surface area contributed by atoms with Crippen LogP contribution in [0.1, 0.15) is 43.7 Å². The summed E-state index contributed by atoms with van der Waals surface area (Å²) < 4.78 is 26.6. The van der Waals surface area contributed by atoms with E-state index in [-0.39, 0.29) is 6.04 Å². The van der Waals surface area contributed by atoms with E-state index >= 15 is 0 Å². The van der Waals surface area contributed by atoms with Crippen LogP contribution in [0.25, 0.3) is 0 Å². The summed E-state index contributed by atoms with van der Waals surface area (Å²) in [5.41, 5.74) is 4.34. The summed E-state index contributed by atoms with van der Waals surface area (Å²) in [5.74, 6) is 4.38. The number of hydrogen-bond acceptors (Lipinski definition) is 2. The Morgan fingerprint density at radius 1 is 1.28 bits per heavy atom. The summed E-state index contributed by atoms with van der Waals surface area (Å²) in [7, 11) is 0. The highest BCUT2D eigenvalue weighted by Crippen LogP contribution is 2.28. The van der Waals surface area contributed by atoms with Crippen LogP contribution in [0.2, 0.25) is 0 Å². The Kier molecular flexibility index (Phi) is 4.44. The molecule has 1 aromatic carbocycles. The molecule has 1 atom stereocenters. The smallest absolute Gasteiger partial charge is 0.130 e. The standard InChI is InChI=1S/C14H18F2N2/c15-11-6-7-12(13(16)9-11)14(18-17)8-10-4-2-1-3-5-10/h4,6-7,9,14,18H,1-3,5,8,17H2. The molecule has 0 aromatic heterocycles. The normalized spacial score (nSPS) is 17.4. The minimum absolute atomic E-state index is 0.296. The zero-order valence-corrected chi connectivity index (χ0v) is 10.3. The van der Waals surface area contributed by atoms with Gasteiger partial charge in [-0.15, -0.1) is 0 Å². The predicted octanol–water partition coefficient (Wildman–Crippen LogP) is 3.36. The summed E-state index contributed by atoms with van der Waals surface area (Å²) >= 11 is 0. The van der Waals surface area contributed by atoms with E-state index in [1.807, 2.05) is 0 Å². The summed E-state index contributed by atoms with van der Waals surface area (Å²) in [6.45, 7) is 0. The molecule has 1 aliphatic rings. The topological polar surface area (TPSA) is 38.0 Å². The lowest BCUT2D eigenvalue weighted by atomic mass is 9.91. The maximum Gasteiger partial charge on any atom is 0.130 e. The molecular weight excluding hydrogens is 234 g/mol. The van der Waals surface area contributed by atoms with Crippen LogP contribution < -0.4 is 11.3 Å². The highest BCUT2D eigenvalue weighted by molar-refractivity contribution is 5.24. The van der Waals surface area contributed by atoms with Gasteiger partial charge in [0.1, 0.15) is 11.6 Å². The van der Waals surface area contributed by atoms with Gasteiger partial charge in [-0.05, 0) is 38.2 Å². The number of allylic oxidation sites excluding steroid dienone is 1. The third-order valence-corrected chi connectivity index (χ3v) is 3.39. The van der Waals surface area contributed by atoms with E-state index in [0.29, 0.717) is 12.0 Å². The highest BCUT2D eigenvalue weighted by Gasteiger charge is 2.17. The molecule has 1 aromatic rings. The molecule has 0 amide bonds. The number of halogens is 2. The van der Waals surface area contributed by atoms with Crippen molar-refractivity contribution in [2.45, 2.75) is 38.1 Å². The zero-order valence-electron chi connectivity index (χ0n) is 10.3. The fourth-order valence-electron chi connectivity index (χ4n) is 2.39. The monoisotopic (exact) mass is 252 g/mol. The Labute approximate surface area is 106 Å². The lowest BCUT2D eigenvalue weighted by Gasteiger charge is -2.21. The van der Waals surface area contributed by atoms with Crippen molar-refractivity contribution in [3.8, 4) is 0 Å². The van der Waals surface area contributed by atoms with Gasteiger partial charge >= 0.3 is 0 Å². The van der Waals surface area contributed by atoms with Gasteiger partial charge in [-0.25, -0.2) is 8.78 Å². The molecule has 98 valence electrons. The van der Waals surface area contributed by atoms with Crippen molar-refractivity contribution in [2.75, 3.05) is 0 Å². The molecule has 0 saturated carbocycles. The van der Waals surface area contributed by atoms with Crippen LogP contribution in [-0.2, 0) is 0 Å². The lowest BCUT2D eigenvalue weighted by molar-refractivity contribution is 0.491. The molecule has 2 rings (SSSR count). The third-order valence-electron chi connectivity index (χ3n) is 3.39. The maximum atomic E-state index is 13.7. The summed E-state index contributed by atoms with van der Waals surface area (Å²) in [6.07, 6.45) is 7.40. The summed E-state index contributed by atoms with van der Waals surface area (Å²) in [5, 5.41) is 0. The molecule has 18 heavy (non-hydrogen) atoms. The average molecular weight is 252 g/mol. The van der Waals surface area contributed by atoms with E-state index in [0.717, 1.165) is 18.9 Å². The molecule has 2 nitrogen and oxygen atoms in total. The molecule has 1 aliphatic carbocycles. The molecular formula is C14H18F2N2. The van der Waals surface area contributed by atoms with Crippen molar-refractivity contribution in [2.24, 2.45) is 5.84 Å². The molecule has 0 heterocycles. The maximum absolute atomic E-state index is 13.7. The number of rotatable bonds is 4. The van der Waals surface area contributed by atoms with E-state index in [1.165, 1.54) is 30.5 Å². The largest absolute Gasteiger partial charge is 0.271 e. The first-order chi connectivity index (χ1) is 8.70. The number of nitrogens with two attached hydrogens (primary N) is 1. The number of nitrogens with one attached hydrogen (secondary N) is 1. The van der Waals surface area contributed by atoms with Gasteiger partial charge in [0.25, 0.3) is 0 Å². The van der Waals surface area contributed by atoms with Crippen LogP contribution in [0.3, 0.4) is 0 Å². The first-order valence-electron chi connectivity index (χ1n) is 6.29. The van der Waals surface area contributed by atoms with Crippen molar-refractivity contribution >= 4 is 0 Å². The van der Waals surface area contributed by atoms with Crippen molar-refractivity contribution in [1.29, 1.82) is 0 Å². The Bertz CT molecular complexity index is 443. The second kappa shape index (κ2) is 6.07. The fraction of sp³-hybridized carbons (Fsp3) is 0.429. The van der Waals surface area contributed by atoms with Crippen molar-refractivity contribution in [1.82, 2.24) is 5.43 Å². The minimum atomic E-state index is -0.566. The van der Waals surface area contributed by atoms with Crippen LogP contribution in [0.4, 0.5) is 8.78 Å². The molecule has 0 bridgehead atoms. The van der Waals surface area contributed by atoms with Crippen molar-refractivity contribution in [3.63, 3.8) is 0 Å². The molecule has 0 radical (unpaired) electrons. The first-order valence-corrected chi connectivity index (χ1v) is 6.29. The molecule has 4 heteroatoms. The van der Waals surface area contributed by atoms with Crippen LogP contribution in [-0.4, -0.2) is 0 Å². The number of hydrazine groups is 1. The second-order valence-corrected chi connectivity index (χ2v) is 4.70. The van der Waals surface area contributed by atoms with Gasteiger partial charge in [0.2, 0.25) is 0 Å². The van der Waals surface area contributed by atoms with Gasteiger partial charge in [-0.1, -0.05) is 17.7 Å². The van der Waals surface area contributed by atoms with Crippen molar-refractivity contribution < 1.29 is 8.78 Å². The first kappa shape index (κ1) is 13.2. The van der Waals surface area contributed by atoms with E-state index in [4.69, 9.17) is 5.84 Å². The molecule has 0 aliphatic heterocycles. The van der Waals surface area contributed by atoms with Crippen LogP contribution in [0.15, 0.2) is 29.8 Å². The molecule has 0 saturated heterocycles. The van der Waals surface area contributed by atoms with Crippen LogP contribution in [0, 0.1) is 11.6 Å². The third kappa shape index (κ3) is 3.15. The van der Waals surface area contributed by atoms with Gasteiger partial charge in [-0.2, -0.15) is 0 Å². The number of benzene rings is 1. The fourth-order valence-corrected chi connectivity index (χ4v) is 2.39. The second-order valence-electron chi connectivity index (χ2n) is 4.70. The Balaban J connectivity index is 2.14. The highest BCUT2D eigenvalue weighted by atomic mass is 19.1. The molecule has 0 spiro atoms. The SMILES string of the molecule is NNC(CC1=CCCCC1)c1ccc(F)cc1F. The summed E-state index contributed by atoms with van der Waals surface area (Å²) in [4.78, 5) is 0. The van der Waals surface area contributed by atoms with E-state index in [2.05, 4.69) is 11.5 Å². The quantitative estimate of drug-likeness (QED) is 0.490. The Hall–Kier alpha value is -1.26. The van der Waals surface area contributed by atoms with Gasteiger partial charge in [0.05, 0.1) is 6.04 Å². The molecule has 3 N–H and O–H groups in total. The molecule has 0 fully saturated rings. The van der Waals surface area contributed by atoms with Crippen molar-refractivity contribution in [3.05, 3.63) is 47.0 Å². The van der Waals surface area contributed by atoms with Gasteiger partial charge in [0.15, 0.2) is 0 Å². The summed E-state index contributed by atoms with van der Waals surface area (Å²) in [6, 6.07) is 3.32. The average Bonchev–Trinajstić information content (AvgIpc) is 2.38. The van der Waals surface area contributed by atoms with Crippen LogP contribution >= 0.6 is 0 Å². The van der Waals surface area contributed by atoms with Crippen LogP contribution in [0.5, 0.6) is 0 Å². The van der Waals surface area contributed by atoms with E-state index in [9.17, 15) is 8.78 Å². The van der Waals surface area contributed by atoms with Gasteiger partial charge in [0, 0.05) is 11.6 Å². The zero-order chi connectivity index (χ0) is 13.0. The van der Waals surface area contributed by atoms with Gasteiger partial charge < -0.3 is 0 Å². The number of hydrogen-bond donors (Lipinski definition) is 2. The van der Waals surface area contributed by atoms with Gasteiger partial charge in [-0.3, -0.25) is 11.3 Å². The Morgan fingerprint density at radius 2 is 2.11 bits per heavy atom. The lowest BCUT2D eigenvalue weighted by Crippen LogP contribution is -2.29. The Morgan fingerprint density at radius 3 is 2.72 bits per heavy atom. The van der Waals surface area contributed by atoms with E-state index in [1.54, 1.807) is 0 Å². The predicted molar refractivity (Wildman–Crippen MR) is 67.6 cm³/mol.